The summed E-state index contributed by atoms with van der Waals surface area (Å²) in [6, 6.07) is 23.2. The Morgan fingerprint density at radius 3 is 2.14 bits per heavy atom. The number of hydrogen-bond donors (Lipinski definition) is 1. The lowest BCUT2D eigenvalue weighted by atomic mass is 9.90. The third-order valence-electron chi connectivity index (χ3n) is 5.75. The molecule has 0 saturated heterocycles. The molecule has 0 saturated carbocycles. The maximum Gasteiger partial charge on any atom is 0.123 e. The first kappa shape index (κ1) is 19.2. The molecule has 0 amide bonds. The number of hydrogen-bond acceptors (Lipinski definition) is 2. The second kappa shape index (κ2) is 8.08. The monoisotopic (exact) mass is 381 g/mol. The van der Waals surface area contributed by atoms with Crippen LogP contribution < -0.4 is 0 Å². The zero-order valence-electron chi connectivity index (χ0n) is 17.3. The van der Waals surface area contributed by atoms with Gasteiger partial charge in [-0.25, -0.2) is 0 Å². The molecule has 29 heavy (non-hydrogen) atoms. The molecular weight excluding hydrogens is 354 g/mol. The fourth-order valence-electron chi connectivity index (χ4n) is 4.05. The van der Waals surface area contributed by atoms with Gasteiger partial charge in [-0.2, -0.15) is 0 Å². The molecule has 0 aliphatic carbocycles. The summed E-state index contributed by atoms with van der Waals surface area (Å²) in [6.45, 7) is 6.64. The largest absolute Gasteiger partial charge is 0.507 e. The van der Waals surface area contributed by atoms with E-state index < -0.39 is 0 Å². The second-order valence-corrected chi connectivity index (χ2v) is 8.17. The number of pyridine rings is 1. The summed E-state index contributed by atoms with van der Waals surface area (Å²) in [6.07, 6.45) is 4.59. The fourth-order valence-corrected chi connectivity index (χ4v) is 4.05. The van der Waals surface area contributed by atoms with Crippen molar-refractivity contribution in [2.75, 3.05) is 0 Å². The minimum atomic E-state index is 0.362. The Balaban J connectivity index is 1.57. The maximum atomic E-state index is 10.4. The lowest BCUT2D eigenvalue weighted by Gasteiger charge is -2.15. The van der Waals surface area contributed by atoms with E-state index in [1.54, 1.807) is 0 Å². The van der Waals surface area contributed by atoms with Crippen LogP contribution in [-0.2, 0) is 6.42 Å². The van der Waals surface area contributed by atoms with Crippen molar-refractivity contribution >= 4 is 10.8 Å². The Kier molecular flexibility index (Phi) is 5.35. The number of aromatic hydroxyl groups is 1. The van der Waals surface area contributed by atoms with E-state index >= 15 is 0 Å². The highest BCUT2D eigenvalue weighted by Crippen LogP contribution is 2.33. The molecule has 0 aliphatic rings. The van der Waals surface area contributed by atoms with Crippen LogP contribution in [0, 0.1) is 0 Å². The molecule has 0 spiro atoms. The number of phenolic OH excluding ortho intramolecular Hbond substituents is 1. The Morgan fingerprint density at radius 2 is 1.45 bits per heavy atom. The van der Waals surface area contributed by atoms with Crippen molar-refractivity contribution in [3.05, 3.63) is 95.8 Å². The Morgan fingerprint density at radius 1 is 0.759 bits per heavy atom. The molecule has 0 bridgehead atoms. The molecule has 0 radical (unpaired) electrons. The van der Waals surface area contributed by atoms with E-state index in [9.17, 15) is 5.11 Å². The van der Waals surface area contributed by atoms with Gasteiger partial charge in [0.05, 0.1) is 0 Å². The van der Waals surface area contributed by atoms with Crippen LogP contribution in [0.15, 0.2) is 79.1 Å². The third kappa shape index (κ3) is 4.02. The molecule has 0 fully saturated rings. The Hall–Kier alpha value is -3.13. The van der Waals surface area contributed by atoms with Gasteiger partial charge in [-0.1, -0.05) is 63.2 Å². The highest BCUT2D eigenvalue weighted by atomic mass is 16.3. The Labute approximate surface area is 172 Å². The minimum absolute atomic E-state index is 0.362. The van der Waals surface area contributed by atoms with Gasteiger partial charge in [0.1, 0.15) is 5.75 Å². The van der Waals surface area contributed by atoms with Gasteiger partial charge in [0.2, 0.25) is 0 Å². The first-order chi connectivity index (χ1) is 14.0. The molecule has 4 rings (SSSR count). The van der Waals surface area contributed by atoms with Crippen molar-refractivity contribution < 1.29 is 5.11 Å². The quantitative estimate of drug-likeness (QED) is 0.401. The van der Waals surface area contributed by atoms with Gasteiger partial charge in [-0.15, -0.1) is 0 Å². The van der Waals surface area contributed by atoms with Crippen molar-refractivity contribution in [2.24, 2.45) is 0 Å². The average Bonchev–Trinajstić information content (AvgIpc) is 2.75. The van der Waals surface area contributed by atoms with Gasteiger partial charge in [0.25, 0.3) is 0 Å². The molecule has 2 heteroatoms. The zero-order valence-corrected chi connectivity index (χ0v) is 17.3. The lowest BCUT2D eigenvalue weighted by Crippen LogP contribution is -1.99. The summed E-state index contributed by atoms with van der Waals surface area (Å²) in [7, 11) is 0. The van der Waals surface area contributed by atoms with Gasteiger partial charge in [0.15, 0.2) is 0 Å². The molecule has 1 aromatic heterocycles. The number of benzene rings is 3. The normalized spacial score (nSPS) is 12.4. The highest BCUT2D eigenvalue weighted by molar-refractivity contribution is 5.91. The van der Waals surface area contributed by atoms with Crippen LogP contribution in [-0.4, -0.2) is 10.1 Å². The van der Waals surface area contributed by atoms with Crippen molar-refractivity contribution in [2.45, 2.75) is 39.0 Å². The van der Waals surface area contributed by atoms with E-state index in [1.807, 2.05) is 36.7 Å². The first-order valence-electron chi connectivity index (χ1n) is 10.3. The van der Waals surface area contributed by atoms with Gasteiger partial charge < -0.3 is 5.11 Å². The molecule has 1 heterocycles. The smallest absolute Gasteiger partial charge is 0.123 e. The second-order valence-electron chi connectivity index (χ2n) is 8.17. The summed E-state index contributed by atoms with van der Waals surface area (Å²) in [5.74, 6) is 1.19. The molecule has 4 aromatic rings. The van der Waals surface area contributed by atoms with Crippen molar-refractivity contribution in [3.8, 4) is 16.9 Å². The van der Waals surface area contributed by atoms with Crippen LogP contribution in [0.4, 0.5) is 0 Å². The summed E-state index contributed by atoms with van der Waals surface area (Å²) in [5.41, 5.74) is 6.25. The van der Waals surface area contributed by atoms with Crippen LogP contribution in [0.25, 0.3) is 21.9 Å². The number of fused-ring (bicyclic) bond motifs is 1. The van der Waals surface area contributed by atoms with E-state index in [0.29, 0.717) is 17.6 Å². The van der Waals surface area contributed by atoms with Crippen LogP contribution in [0.2, 0.25) is 0 Å². The summed E-state index contributed by atoms with van der Waals surface area (Å²) >= 11 is 0. The zero-order chi connectivity index (χ0) is 20.4. The standard InChI is InChI=1S/C27H27NO/c1-18(2)24-10-11-27(29)26-17-20(4-9-25(24)26)16-19(3)21-5-7-22(8-6-21)23-12-14-28-15-13-23/h4-15,17-19,29H,16H2,1-3H3. The number of aromatic nitrogens is 1. The van der Waals surface area contributed by atoms with Crippen molar-refractivity contribution in [1.29, 1.82) is 0 Å². The van der Waals surface area contributed by atoms with Crippen LogP contribution in [0.3, 0.4) is 0 Å². The van der Waals surface area contributed by atoms with E-state index in [0.717, 1.165) is 17.2 Å². The highest BCUT2D eigenvalue weighted by Gasteiger charge is 2.12. The van der Waals surface area contributed by atoms with E-state index in [1.165, 1.54) is 27.8 Å². The Bertz CT molecular complexity index is 1110. The molecule has 2 nitrogen and oxygen atoms in total. The summed E-state index contributed by atoms with van der Waals surface area (Å²) in [5, 5.41) is 12.5. The summed E-state index contributed by atoms with van der Waals surface area (Å²) < 4.78 is 0. The molecule has 1 unspecified atom stereocenters. The fraction of sp³-hybridized carbons (Fsp3) is 0.222. The molecular formula is C27H27NO. The van der Waals surface area contributed by atoms with Crippen LogP contribution in [0.1, 0.15) is 49.3 Å². The number of rotatable bonds is 5. The first-order valence-corrected chi connectivity index (χ1v) is 10.3. The molecule has 1 N–H and O–H groups in total. The van der Waals surface area contributed by atoms with Crippen LogP contribution in [0.5, 0.6) is 5.75 Å². The third-order valence-corrected chi connectivity index (χ3v) is 5.75. The topological polar surface area (TPSA) is 33.1 Å². The van der Waals surface area contributed by atoms with E-state index in [-0.39, 0.29) is 0 Å². The van der Waals surface area contributed by atoms with Gasteiger partial charge in [-0.05, 0) is 75.7 Å². The molecule has 146 valence electrons. The maximum absolute atomic E-state index is 10.4. The number of phenols is 1. The van der Waals surface area contributed by atoms with E-state index in [2.05, 4.69) is 68.2 Å². The van der Waals surface area contributed by atoms with Crippen molar-refractivity contribution in [3.63, 3.8) is 0 Å². The minimum Gasteiger partial charge on any atom is -0.507 e. The van der Waals surface area contributed by atoms with Crippen LogP contribution >= 0.6 is 0 Å². The molecule has 1 atom stereocenters. The van der Waals surface area contributed by atoms with Crippen molar-refractivity contribution in [1.82, 2.24) is 4.98 Å². The average molecular weight is 382 g/mol. The van der Waals surface area contributed by atoms with Gasteiger partial charge in [0, 0.05) is 17.8 Å². The molecule has 3 aromatic carbocycles. The van der Waals surface area contributed by atoms with Gasteiger partial charge in [-0.3, -0.25) is 4.98 Å². The molecule has 0 aliphatic heterocycles. The van der Waals surface area contributed by atoms with E-state index in [4.69, 9.17) is 0 Å². The number of nitrogens with zero attached hydrogens (tertiary/aromatic N) is 1. The predicted octanol–water partition coefficient (Wildman–Crippen LogP) is 7.08. The SMILES string of the molecule is CC(C)c1ccc(O)c2cc(CC(C)c3ccc(-c4ccncc4)cc3)ccc12. The van der Waals surface area contributed by atoms with Gasteiger partial charge >= 0.3 is 0 Å². The predicted molar refractivity (Wildman–Crippen MR) is 121 cm³/mol. The summed E-state index contributed by atoms with van der Waals surface area (Å²) in [4.78, 5) is 4.09. The lowest BCUT2D eigenvalue weighted by molar-refractivity contribution is 0.481.